The molecule has 2 N–H and O–H groups in total. The number of hydrogen-bond donors (Lipinski definition) is 2. The number of nitrogens with zero attached hydrogens (tertiary/aromatic N) is 2. The summed E-state index contributed by atoms with van der Waals surface area (Å²) in [7, 11) is 3.15. The molecule has 0 atom stereocenters. The number of carbonyl (C=O) groups excluding carboxylic acids is 1. The summed E-state index contributed by atoms with van der Waals surface area (Å²) in [6.45, 7) is 1.89. The SMILES string of the molecule is COc1ccc(/C(C)=N\NC(=O)CNc2nc3ccccc3s2)cc1OC. The lowest BCUT2D eigenvalue weighted by Gasteiger charge is -2.09. The van der Waals surface area contributed by atoms with E-state index in [0.717, 1.165) is 15.8 Å². The van der Waals surface area contributed by atoms with Crippen LogP contribution in [0.15, 0.2) is 47.6 Å². The second-order valence-corrected chi connectivity index (χ2v) is 6.67. The molecule has 2 aromatic carbocycles. The fraction of sp³-hybridized carbons (Fsp3) is 0.211. The highest BCUT2D eigenvalue weighted by Crippen LogP contribution is 2.28. The molecule has 0 aliphatic heterocycles. The molecule has 8 heteroatoms. The minimum atomic E-state index is -0.255. The third kappa shape index (κ3) is 4.53. The Morgan fingerprint density at radius 1 is 1.15 bits per heavy atom. The average Bonchev–Trinajstić information content (AvgIpc) is 3.12. The zero-order chi connectivity index (χ0) is 19.2. The molecule has 0 saturated carbocycles. The van der Waals surface area contributed by atoms with E-state index in [1.807, 2.05) is 43.3 Å². The smallest absolute Gasteiger partial charge is 0.259 e. The Bertz CT molecular complexity index is 951. The van der Waals surface area contributed by atoms with E-state index in [4.69, 9.17) is 9.47 Å². The van der Waals surface area contributed by atoms with Crippen LogP contribution in [0.2, 0.25) is 0 Å². The van der Waals surface area contributed by atoms with E-state index < -0.39 is 0 Å². The van der Waals surface area contributed by atoms with Gasteiger partial charge < -0.3 is 14.8 Å². The van der Waals surface area contributed by atoms with Gasteiger partial charge in [-0.15, -0.1) is 0 Å². The Labute approximate surface area is 161 Å². The summed E-state index contributed by atoms with van der Waals surface area (Å²) in [6.07, 6.45) is 0. The van der Waals surface area contributed by atoms with Crippen LogP contribution in [0.3, 0.4) is 0 Å². The van der Waals surface area contributed by atoms with E-state index in [1.54, 1.807) is 20.3 Å². The number of carbonyl (C=O) groups is 1. The number of methoxy groups -OCH3 is 2. The van der Waals surface area contributed by atoms with Crippen LogP contribution in [0.4, 0.5) is 5.13 Å². The van der Waals surface area contributed by atoms with Gasteiger partial charge in [-0.2, -0.15) is 5.10 Å². The molecule has 0 unspecified atom stereocenters. The van der Waals surface area contributed by atoms with Gasteiger partial charge in [0.15, 0.2) is 16.6 Å². The van der Waals surface area contributed by atoms with Gasteiger partial charge >= 0.3 is 0 Å². The third-order valence-corrected chi connectivity index (χ3v) is 4.84. The Morgan fingerprint density at radius 3 is 2.67 bits per heavy atom. The Hall–Kier alpha value is -3.13. The van der Waals surface area contributed by atoms with Crippen LogP contribution in [0.5, 0.6) is 11.5 Å². The lowest BCUT2D eigenvalue weighted by atomic mass is 10.1. The standard InChI is InChI=1S/C19H20N4O3S/c1-12(13-8-9-15(25-2)16(10-13)26-3)22-23-18(24)11-20-19-21-14-6-4-5-7-17(14)27-19/h4-10H,11H2,1-3H3,(H,20,21)(H,23,24)/b22-12-. The van der Waals surface area contributed by atoms with Crippen LogP contribution in [-0.2, 0) is 4.79 Å². The van der Waals surface area contributed by atoms with Crippen molar-refractivity contribution in [2.45, 2.75) is 6.92 Å². The van der Waals surface area contributed by atoms with Crippen LogP contribution in [0, 0.1) is 0 Å². The van der Waals surface area contributed by atoms with Crippen molar-refractivity contribution in [3.8, 4) is 11.5 Å². The maximum atomic E-state index is 12.0. The number of para-hydroxylation sites is 1. The van der Waals surface area contributed by atoms with Gasteiger partial charge in [-0.1, -0.05) is 23.5 Å². The van der Waals surface area contributed by atoms with E-state index in [2.05, 4.69) is 20.8 Å². The van der Waals surface area contributed by atoms with Gasteiger partial charge in [-0.25, -0.2) is 10.4 Å². The number of ether oxygens (including phenoxy) is 2. The average molecular weight is 384 g/mol. The molecule has 27 heavy (non-hydrogen) atoms. The molecule has 0 aliphatic carbocycles. The first-order valence-electron chi connectivity index (χ1n) is 8.25. The predicted octanol–water partition coefficient (Wildman–Crippen LogP) is 3.27. The van der Waals surface area contributed by atoms with Crippen molar-refractivity contribution in [1.29, 1.82) is 0 Å². The zero-order valence-electron chi connectivity index (χ0n) is 15.3. The second-order valence-electron chi connectivity index (χ2n) is 5.64. The molecule has 1 aromatic heterocycles. The number of rotatable bonds is 7. The van der Waals surface area contributed by atoms with Crippen molar-refractivity contribution in [2.75, 3.05) is 26.1 Å². The Kier molecular flexibility index (Phi) is 5.87. The normalized spacial score (nSPS) is 11.3. The van der Waals surface area contributed by atoms with Crippen molar-refractivity contribution in [3.05, 3.63) is 48.0 Å². The molecule has 7 nitrogen and oxygen atoms in total. The number of thiazole rings is 1. The first kappa shape index (κ1) is 18.7. The summed E-state index contributed by atoms with van der Waals surface area (Å²) in [6, 6.07) is 13.3. The van der Waals surface area contributed by atoms with Crippen LogP contribution < -0.4 is 20.2 Å². The maximum absolute atomic E-state index is 12.0. The first-order valence-corrected chi connectivity index (χ1v) is 9.07. The number of amides is 1. The van der Waals surface area contributed by atoms with E-state index in [1.165, 1.54) is 11.3 Å². The van der Waals surface area contributed by atoms with Gasteiger partial charge in [-0.05, 0) is 37.3 Å². The summed E-state index contributed by atoms with van der Waals surface area (Å²) in [5.74, 6) is 0.987. The number of hydrogen-bond acceptors (Lipinski definition) is 7. The van der Waals surface area contributed by atoms with Crippen LogP contribution >= 0.6 is 11.3 Å². The van der Waals surface area contributed by atoms with Crippen LogP contribution in [0.25, 0.3) is 10.2 Å². The summed E-state index contributed by atoms with van der Waals surface area (Å²) in [5, 5.41) is 7.87. The quantitative estimate of drug-likeness (QED) is 0.482. The molecule has 0 spiro atoms. The molecule has 0 radical (unpaired) electrons. The first-order chi connectivity index (χ1) is 13.1. The summed E-state index contributed by atoms with van der Waals surface area (Å²) < 4.78 is 11.6. The monoisotopic (exact) mass is 384 g/mol. The van der Waals surface area contributed by atoms with Gasteiger partial charge in [0.2, 0.25) is 0 Å². The van der Waals surface area contributed by atoms with Gasteiger partial charge in [0.25, 0.3) is 5.91 Å². The fourth-order valence-corrected chi connectivity index (χ4v) is 3.28. The highest BCUT2D eigenvalue weighted by Gasteiger charge is 2.08. The topological polar surface area (TPSA) is 84.8 Å². The van der Waals surface area contributed by atoms with Gasteiger partial charge in [0.1, 0.15) is 0 Å². The van der Waals surface area contributed by atoms with E-state index >= 15 is 0 Å². The Balaban J connectivity index is 1.58. The molecule has 3 rings (SSSR count). The van der Waals surface area contributed by atoms with E-state index in [-0.39, 0.29) is 12.5 Å². The number of aromatic nitrogens is 1. The molecule has 1 heterocycles. The second kappa shape index (κ2) is 8.50. The molecule has 0 saturated heterocycles. The summed E-state index contributed by atoms with van der Waals surface area (Å²) >= 11 is 1.50. The van der Waals surface area contributed by atoms with E-state index in [0.29, 0.717) is 22.3 Å². The van der Waals surface area contributed by atoms with E-state index in [9.17, 15) is 4.79 Å². The van der Waals surface area contributed by atoms with Crippen molar-refractivity contribution in [1.82, 2.24) is 10.4 Å². The molecule has 0 bridgehead atoms. The van der Waals surface area contributed by atoms with Crippen molar-refractivity contribution < 1.29 is 14.3 Å². The van der Waals surface area contributed by atoms with Gasteiger partial charge in [0.05, 0.1) is 36.7 Å². The number of nitrogens with one attached hydrogen (secondary N) is 2. The predicted molar refractivity (Wildman–Crippen MR) is 108 cm³/mol. The molecule has 140 valence electrons. The number of anilines is 1. The largest absolute Gasteiger partial charge is 0.493 e. The summed E-state index contributed by atoms with van der Waals surface area (Å²) in [5.41, 5.74) is 4.93. The lowest BCUT2D eigenvalue weighted by molar-refractivity contribution is -0.119. The number of hydrazone groups is 1. The minimum absolute atomic E-state index is 0.0858. The Morgan fingerprint density at radius 2 is 1.93 bits per heavy atom. The molecule has 3 aromatic rings. The van der Waals surface area contributed by atoms with Gasteiger partial charge in [0, 0.05) is 5.56 Å². The van der Waals surface area contributed by atoms with Gasteiger partial charge in [-0.3, -0.25) is 4.79 Å². The highest BCUT2D eigenvalue weighted by molar-refractivity contribution is 7.22. The number of fused-ring (bicyclic) bond motifs is 1. The lowest BCUT2D eigenvalue weighted by Crippen LogP contribution is -2.26. The fourth-order valence-electron chi connectivity index (χ4n) is 2.42. The van der Waals surface area contributed by atoms with Crippen LogP contribution in [-0.4, -0.2) is 37.4 Å². The molecular weight excluding hydrogens is 364 g/mol. The molecule has 1 amide bonds. The summed E-state index contributed by atoms with van der Waals surface area (Å²) in [4.78, 5) is 16.5. The number of benzene rings is 2. The van der Waals surface area contributed by atoms with Crippen LogP contribution in [0.1, 0.15) is 12.5 Å². The van der Waals surface area contributed by atoms with Crippen molar-refractivity contribution >= 4 is 38.3 Å². The third-order valence-electron chi connectivity index (χ3n) is 3.84. The minimum Gasteiger partial charge on any atom is -0.493 e. The molecule has 0 fully saturated rings. The zero-order valence-corrected chi connectivity index (χ0v) is 16.1. The molecule has 0 aliphatic rings. The van der Waals surface area contributed by atoms with Crippen molar-refractivity contribution in [2.24, 2.45) is 5.10 Å². The van der Waals surface area contributed by atoms with Crippen molar-refractivity contribution in [3.63, 3.8) is 0 Å². The highest BCUT2D eigenvalue weighted by atomic mass is 32.1. The molecular formula is C19H20N4O3S. The maximum Gasteiger partial charge on any atom is 0.259 e.